The van der Waals surface area contributed by atoms with Crippen LogP contribution in [-0.4, -0.2) is 30.5 Å². The molecular weight excluding hydrogens is 318 g/mol. The van der Waals surface area contributed by atoms with Crippen molar-refractivity contribution >= 4 is 38.3 Å². The van der Waals surface area contributed by atoms with E-state index in [2.05, 4.69) is 16.8 Å². The molecule has 0 fully saturated rings. The van der Waals surface area contributed by atoms with Crippen LogP contribution in [0.3, 0.4) is 0 Å². The first kappa shape index (κ1) is 16.5. The smallest absolute Gasteiger partial charge is 0.248 e. The number of carbonyl (C=O) groups excluding carboxylic acids is 1. The first-order chi connectivity index (χ1) is 11.7. The molecule has 24 heavy (non-hydrogen) atoms. The highest BCUT2D eigenvalue weighted by atomic mass is 32.1. The molecule has 3 aromatic rings. The lowest BCUT2D eigenvalue weighted by Crippen LogP contribution is -2.40. The van der Waals surface area contributed by atoms with E-state index in [4.69, 9.17) is 0 Å². The first-order valence-corrected chi connectivity index (χ1v) is 9.00. The molecule has 0 atom stereocenters. The highest BCUT2D eigenvalue weighted by molar-refractivity contribution is 7.22. The number of fused-ring (bicyclic) bond motifs is 1. The Hall–Kier alpha value is -2.40. The van der Waals surface area contributed by atoms with Gasteiger partial charge in [-0.3, -0.25) is 9.69 Å². The molecule has 3 rings (SSSR count). The van der Waals surface area contributed by atoms with E-state index in [9.17, 15) is 4.79 Å². The van der Waals surface area contributed by atoms with Crippen molar-refractivity contribution in [2.24, 2.45) is 0 Å². The third-order valence-corrected chi connectivity index (χ3v) is 5.02. The minimum Gasteiger partial charge on any atom is -0.362 e. The molecule has 0 aliphatic carbocycles. The standard InChI is InChI=1S/C19H21N3OS/c1-3-21(15-10-6-5-7-11-15)14-18(23)22(4-2)19-20-16-12-8-9-13-17(16)24-19/h5-13H,3-4,14H2,1-2H3. The highest BCUT2D eigenvalue weighted by Crippen LogP contribution is 2.28. The van der Waals surface area contributed by atoms with E-state index in [1.165, 1.54) is 0 Å². The highest BCUT2D eigenvalue weighted by Gasteiger charge is 2.20. The van der Waals surface area contributed by atoms with Crippen molar-refractivity contribution in [3.8, 4) is 0 Å². The van der Waals surface area contributed by atoms with E-state index in [1.807, 2.05) is 61.5 Å². The van der Waals surface area contributed by atoms with Crippen molar-refractivity contribution in [2.45, 2.75) is 13.8 Å². The van der Waals surface area contributed by atoms with Gasteiger partial charge in [-0.15, -0.1) is 0 Å². The summed E-state index contributed by atoms with van der Waals surface area (Å²) in [6.45, 7) is 5.81. The minimum atomic E-state index is 0.0715. The summed E-state index contributed by atoms with van der Waals surface area (Å²) in [5, 5.41) is 0.771. The zero-order valence-electron chi connectivity index (χ0n) is 14.0. The predicted molar refractivity (Wildman–Crippen MR) is 102 cm³/mol. The van der Waals surface area contributed by atoms with Crippen LogP contribution < -0.4 is 9.80 Å². The zero-order valence-corrected chi connectivity index (χ0v) is 14.8. The topological polar surface area (TPSA) is 36.4 Å². The second kappa shape index (κ2) is 7.45. The van der Waals surface area contributed by atoms with Gasteiger partial charge < -0.3 is 4.90 Å². The van der Waals surface area contributed by atoms with E-state index in [-0.39, 0.29) is 5.91 Å². The third-order valence-electron chi connectivity index (χ3n) is 3.96. The Balaban J connectivity index is 1.81. The molecule has 2 aromatic carbocycles. The van der Waals surface area contributed by atoms with Crippen LogP contribution in [0.1, 0.15) is 13.8 Å². The van der Waals surface area contributed by atoms with Crippen LogP contribution in [0.15, 0.2) is 54.6 Å². The quantitative estimate of drug-likeness (QED) is 0.676. The van der Waals surface area contributed by atoms with Crippen LogP contribution in [0, 0.1) is 0 Å². The predicted octanol–water partition coefficient (Wildman–Crippen LogP) is 4.18. The molecule has 0 saturated carbocycles. The van der Waals surface area contributed by atoms with Crippen molar-refractivity contribution in [2.75, 3.05) is 29.4 Å². The zero-order chi connectivity index (χ0) is 16.9. The fourth-order valence-corrected chi connectivity index (χ4v) is 3.71. The lowest BCUT2D eigenvalue weighted by atomic mass is 10.3. The Morgan fingerprint density at radius 3 is 2.38 bits per heavy atom. The molecule has 0 aliphatic rings. The number of hydrogen-bond donors (Lipinski definition) is 0. The van der Waals surface area contributed by atoms with Gasteiger partial charge in [0.25, 0.3) is 0 Å². The normalized spacial score (nSPS) is 10.8. The number of para-hydroxylation sites is 2. The molecule has 1 aromatic heterocycles. The third kappa shape index (κ3) is 3.41. The van der Waals surface area contributed by atoms with Crippen LogP contribution in [-0.2, 0) is 4.79 Å². The SMILES string of the molecule is CCN(CC(=O)N(CC)c1nc2ccccc2s1)c1ccccc1. The number of carbonyl (C=O) groups is 1. The number of hydrogen-bond acceptors (Lipinski definition) is 4. The summed E-state index contributed by atoms with van der Waals surface area (Å²) >= 11 is 1.56. The maximum atomic E-state index is 12.8. The summed E-state index contributed by atoms with van der Waals surface area (Å²) in [7, 11) is 0. The summed E-state index contributed by atoms with van der Waals surface area (Å²) in [6.07, 6.45) is 0. The Bertz CT molecular complexity index is 783. The Morgan fingerprint density at radius 1 is 1.00 bits per heavy atom. The minimum absolute atomic E-state index is 0.0715. The van der Waals surface area contributed by atoms with Crippen molar-refractivity contribution in [3.63, 3.8) is 0 Å². The fourth-order valence-electron chi connectivity index (χ4n) is 2.67. The summed E-state index contributed by atoms with van der Waals surface area (Å²) in [4.78, 5) is 21.3. The maximum absolute atomic E-state index is 12.8. The van der Waals surface area contributed by atoms with Gasteiger partial charge in [-0.05, 0) is 38.1 Å². The van der Waals surface area contributed by atoms with Gasteiger partial charge in [-0.2, -0.15) is 0 Å². The molecule has 0 aliphatic heterocycles. The molecule has 5 heteroatoms. The molecule has 0 bridgehead atoms. The van der Waals surface area contributed by atoms with Crippen LogP contribution >= 0.6 is 11.3 Å². The number of benzene rings is 2. The molecule has 0 N–H and O–H groups in total. The second-order valence-corrected chi connectivity index (χ2v) is 6.46. The molecule has 0 radical (unpaired) electrons. The fraction of sp³-hybridized carbons (Fsp3) is 0.263. The van der Waals surface area contributed by atoms with Gasteiger partial charge in [0.05, 0.1) is 16.8 Å². The summed E-state index contributed by atoms with van der Waals surface area (Å²) in [5.41, 5.74) is 2.01. The van der Waals surface area contributed by atoms with Gasteiger partial charge in [0.1, 0.15) is 0 Å². The largest absolute Gasteiger partial charge is 0.362 e. The molecule has 1 heterocycles. The average Bonchev–Trinajstić information content (AvgIpc) is 3.04. The van der Waals surface area contributed by atoms with Gasteiger partial charge in [-0.25, -0.2) is 4.98 Å². The van der Waals surface area contributed by atoms with Crippen molar-refractivity contribution < 1.29 is 4.79 Å². The number of thiazole rings is 1. The first-order valence-electron chi connectivity index (χ1n) is 8.18. The lowest BCUT2D eigenvalue weighted by molar-refractivity contribution is -0.117. The second-order valence-electron chi connectivity index (χ2n) is 5.45. The number of amides is 1. The molecule has 0 unspecified atom stereocenters. The van der Waals surface area contributed by atoms with Crippen molar-refractivity contribution in [1.29, 1.82) is 0 Å². The van der Waals surface area contributed by atoms with E-state index in [0.29, 0.717) is 13.1 Å². The van der Waals surface area contributed by atoms with Gasteiger partial charge in [0, 0.05) is 18.8 Å². The van der Waals surface area contributed by atoms with Crippen LogP contribution in [0.4, 0.5) is 10.8 Å². The number of anilines is 2. The number of likely N-dealkylation sites (N-methyl/N-ethyl adjacent to an activating group) is 2. The Labute approximate surface area is 146 Å². The van der Waals surface area contributed by atoms with E-state index < -0.39 is 0 Å². The van der Waals surface area contributed by atoms with Gasteiger partial charge >= 0.3 is 0 Å². The van der Waals surface area contributed by atoms with E-state index in [1.54, 1.807) is 16.2 Å². The number of aromatic nitrogens is 1. The lowest BCUT2D eigenvalue weighted by Gasteiger charge is -2.26. The Morgan fingerprint density at radius 2 is 1.71 bits per heavy atom. The monoisotopic (exact) mass is 339 g/mol. The summed E-state index contributed by atoms with van der Waals surface area (Å²) in [6, 6.07) is 18.0. The van der Waals surface area contributed by atoms with Crippen LogP contribution in [0.5, 0.6) is 0 Å². The summed E-state index contributed by atoms with van der Waals surface area (Å²) < 4.78 is 1.11. The van der Waals surface area contributed by atoms with E-state index in [0.717, 1.165) is 27.6 Å². The van der Waals surface area contributed by atoms with Gasteiger partial charge in [0.2, 0.25) is 5.91 Å². The molecule has 0 spiro atoms. The molecule has 124 valence electrons. The molecule has 1 amide bonds. The van der Waals surface area contributed by atoms with Crippen molar-refractivity contribution in [1.82, 2.24) is 4.98 Å². The number of nitrogens with zero attached hydrogens (tertiary/aromatic N) is 3. The van der Waals surface area contributed by atoms with Gasteiger partial charge in [0.15, 0.2) is 5.13 Å². The van der Waals surface area contributed by atoms with Crippen LogP contribution in [0.25, 0.3) is 10.2 Å². The van der Waals surface area contributed by atoms with Crippen LogP contribution in [0.2, 0.25) is 0 Å². The molecular formula is C19H21N3OS. The maximum Gasteiger partial charge on any atom is 0.248 e. The Kier molecular flexibility index (Phi) is 5.11. The molecule has 4 nitrogen and oxygen atoms in total. The summed E-state index contributed by atoms with van der Waals surface area (Å²) in [5.74, 6) is 0.0715. The number of rotatable bonds is 6. The van der Waals surface area contributed by atoms with Crippen molar-refractivity contribution in [3.05, 3.63) is 54.6 Å². The van der Waals surface area contributed by atoms with Gasteiger partial charge in [-0.1, -0.05) is 41.7 Å². The average molecular weight is 339 g/mol. The van der Waals surface area contributed by atoms with E-state index >= 15 is 0 Å². The molecule has 0 saturated heterocycles.